The van der Waals surface area contributed by atoms with Crippen LogP contribution in [0.3, 0.4) is 0 Å². The third-order valence-electron chi connectivity index (χ3n) is 14.8. The monoisotopic (exact) mass is 962 g/mol. The van der Waals surface area contributed by atoms with Crippen molar-refractivity contribution in [2.45, 2.75) is 33.9 Å². The molecule has 0 aliphatic heterocycles. The van der Waals surface area contributed by atoms with Gasteiger partial charge < -0.3 is 9.13 Å². The van der Waals surface area contributed by atoms with Gasteiger partial charge in [0.25, 0.3) is 0 Å². The first-order chi connectivity index (χ1) is 35.9. The number of alkyl halides is 3. The zero-order valence-corrected chi connectivity index (χ0v) is 41.0. The van der Waals surface area contributed by atoms with E-state index in [-0.39, 0.29) is 16.7 Å². The lowest BCUT2D eigenvalue weighted by Gasteiger charge is -2.21. The summed E-state index contributed by atoms with van der Waals surface area (Å²) in [5.41, 5.74) is 17.3. The fraction of sp³-hybridized carbons (Fsp3) is 0.0746. The number of aryl methyl sites for hydroxylation is 4. The molecule has 7 heteroatoms. The third kappa shape index (κ3) is 7.52. The first-order valence-electron chi connectivity index (χ1n) is 24.5. The number of fused-ring (bicyclic) bond motifs is 6. The van der Waals surface area contributed by atoms with Gasteiger partial charge in [0.2, 0.25) is 0 Å². The SMILES string of the molecule is Cc1ccccc1-c1ccc2c3ccc(-c4ccccc4C)cc3n(-c3cc(C#N)c(-c4ccc(C(F)(F)F)cc4C#N)cc3-n3c4cc(-c5ccccc5C)ccc4c4ccc(-c5ccccc5C)cc43)c2c1. The molecule has 12 aromatic rings. The highest BCUT2D eigenvalue weighted by Gasteiger charge is 2.32. The summed E-state index contributed by atoms with van der Waals surface area (Å²) in [6.07, 6.45) is -4.69. The molecule has 0 fully saturated rings. The maximum atomic E-state index is 14.3. The van der Waals surface area contributed by atoms with Crippen molar-refractivity contribution >= 4 is 43.6 Å². The Balaban J connectivity index is 1.28. The largest absolute Gasteiger partial charge is 0.416 e. The third-order valence-corrected chi connectivity index (χ3v) is 14.8. The van der Waals surface area contributed by atoms with Crippen LogP contribution in [0.5, 0.6) is 0 Å². The second kappa shape index (κ2) is 17.7. The molecule has 0 aliphatic rings. The maximum Gasteiger partial charge on any atom is 0.416 e. The number of nitriles is 2. The van der Waals surface area contributed by atoms with Gasteiger partial charge in [-0.2, -0.15) is 23.7 Å². The summed E-state index contributed by atoms with van der Waals surface area (Å²) in [5, 5.41) is 25.9. The number of benzene rings is 10. The van der Waals surface area contributed by atoms with Crippen molar-refractivity contribution in [1.82, 2.24) is 9.13 Å². The summed E-state index contributed by atoms with van der Waals surface area (Å²) in [6.45, 7) is 8.41. The number of aromatic nitrogens is 2. The van der Waals surface area contributed by atoms with Gasteiger partial charge in [0.15, 0.2) is 0 Å². The Hall–Kier alpha value is -9.43. The van der Waals surface area contributed by atoms with E-state index in [9.17, 15) is 23.7 Å². The smallest absolute Gasteiger partial charge is 0.307 e. The van der Waals surface area contributed by atoms with Crippen LogP contribution in [0.4, 0.5) is 13.2 Å². The van der Waals surface area contributed by atoms with E-state index in [1.165, 1.54) is 6.07 Å². The van der Waals surface area contributed by atoms with E-state index in [1.54, 1.807) is 0 Å². The van der Waals surface area contributed by atoms with Crippen molar-refractivity contribution < 1.29 is 13.2 Å². The van der Waals surface area contributed by atoms with Crippen LogP contribution >= 0.6 is 0 Å². The zero-order valence-electron chi connectivity index (χ0n) is 41.0. The van der Waals surface area contributed by atoms with Crippen molar-refractivity contribution in [2.24, 2.45) is 0 Å². The number of hydrogen-bond acceptors (Lipinski definition) is 2. The van der Waals surface area contributed by atoms with Crippen molar-refractivity contribution in [3.8, 4) is 79.1 Å². The molecule has 2 heterocycles. The maximum absolute atomic E-state index is 14.3. The normalized spacial score (nSPS) is 11.7. The van der Waals surface area contributed by atoms with Crippen LogP contribution < -0.4 is 0 Å². The lowest BCUT2D eigenvalue weighted by atomic mass is 9.93. The van der Waals surface area contributed by atoms with E-state index < -0.39 is 11.7 Å². The van der Waals surface area contributed by atoms with Gasteiger partial charge in [-0.05, 0) is 143 Å². The molecule has 0 bridgehead atoms. The number of rotatable bonds is 7. The van der Waals surface area contributed by atoms with Crippen LogP contribution in [0.15, 0.2) is 200 Å². The molecule has 10 aromatic carbocycles. The Morgan fingerprint density at radius 2 is 0.662 bits per heavy atom. The molecule has 0 amide bonds. The predicted octanol–water partition coefficient (Wildman–Crippen LogP) is 18.2. The van der Waals surface area contributed by atoms with Crippen LogP contribution in [0, 0.1) is 50.4 Å². The molecule has 354 valence electrons. The molecule has 12 rings (SSSR count). The van der Waals surface area contributed by atoms with E-state index >= 15 is 0 Å². The van der Waals surface area contributed by atoms with Gasteiger partial charge in [-0.3, -0.25) is 0 Å². The quantitative estimate of drug-likeness (QED) is 0.160. The Morgan fingerprint density at radius 1 is 0.338 bits per heavy atom. The first kappa shape index (κ1) is 45.7. The molecule has 0 unspecified atom stereocenters. The minimum absolute atomic E-state index is 0.191. The lowest BCUT2D eigenvalue weighted by Crippen LogP contribution is -2.07. The number of nitrogens with zero attached hydrogens (tertiary/aromatic N) is 4. The molecular formula is C67H45F3N4. The summed E-state index contributed by atoms with van der Waals surface area (Å²) in [7, 11) is 0. The lowest BCUT2D eigenvalue weighted by molar-refractivity contribution is -0.137. The van der Waals surface area contributed by atoms with E-state index in [0.29, 0.717) is 16.9 Å². The minimum atomic E-state index is -4.69. The molecular weight excluding hydrogens is 918 g/mol. The van der Waals surface area contributed by atoms with E-state index in [4.69, 9.17) is 0 Å². The first-order valence-corrected chi connectivity index (χ1v) is 24.5. The van der Waals surface area contributed by atoms with Crippen LogP contribution in [0.2, 0.25) is 0 Å². The summed E-state index contributed by atoms with van der Waals surface area (Å²) in [5.74, 6) is 0. The summed E-state index contributed by atoms with van der Waals surface area (Å²) < 4.78 is 47.4. The van der Waals surface area contributed by atoms with Crippen molar-refractivity contribution in [3.05, 3.63) is 239 Å². The van der Waals surface area contributed by atoms with Gasteiger partial charge in [-0.15, -0.1) is 0 Å². The molecule has 74 heavy (non-hydrogen) atoms. The van der Waals surface area contributed by atoms with Gasteiger partial charge in [-0.1, -0.05) is 152 Å². The van der Waals surface area contributed by atoms with Crippen LogP contribution in [0.1, 0.15) is 38.9 Å². The van der Waals surface area contributed by atoms with E-state index in [2.05, 4.69) is 170 Å². The average molecular weight is 963 g/mol. The number of halogens is 3. The van der Waals surface area contributed by atoms with Crippen LogP contribution in [-0.2, 0) is 6.18 Å². The van der Waals surface area contributed by atoms with Gasteiger partial charge in [0.1, 0.15) is 0 Å². The Bertz CT molecular complexity index is 4180. The summed E-state index contributed by atoms with van der Waals surface area (Å²) in [4.78, 5) is 0. The van der Waals surface area contributed by atoms with Crippen molar-refractivity contribution in [1.29, 1.82) is 10.5 Å². The standard InChI is InChI=1S/C67H45F3N4/c1-40-13-5-9-17-51(40)44-21-26-56-57-27-22-45(52-18-10-6-14-41(52)2)33-62(57)73(61(56)32-44)65-36-49(39-72)60(55-30-25-50(67(68,69)70)31-48(55)38-71)37-66(65)74-63-34-46(53-19-11-7-15-42(53)3)23-28-58(63)59-29-24-47(35-64(59)74)54-20-12-8-16-43(54)4/h5-37H,1-4H3. The predicted molar refractivity (Wildman–Crippen MR) is 296 cm³/mol. The molecule has 0 saturated heterocycles. The Labute approximate surface area is 426 Å². The second-order valence-electron chi connectivity index (χ2n) is 19.2. The summed E-state index contributed by atoms with van der Waals surface area (Å²) >= 11 is 0. The number of hydrogen-bond donors (Lipinski definition) is 0. The van der Waals surface area contributed by atoms with Crippen molar-refractivity contribution in [3.63, 3.8) is 0 Å². The Kier molecular flexibility index (Phi) is 10.9. The van der Waals surface area contributed by atoms with Gasteiger partial charge in [-0.25, -0.2) is 0 Å². The highest BCUT2D eigenvalue weighted by molar-refractivity contribution is 6.14. The molecule has 2 aromatic heterocycles. The van der Waals surface area contributed by atoms with Crippen LogP contribution in [-0.4, -0.2) is 9.13 Å². The fourth-order valence-electron chi connectivity index (χ4n) is 11.1. The molecule has 0 spiro atoms. The molecule has 0 N–H and O–H groups in total. The van der Waals surface area contributed by atoms with Crippen LogP contribution in [0.25, 0.3) is 111 Å². The highest BCUT2D eigenvalue weighted by atomic mass is 19.4. The van der Waals surface area contributed by atoms with Gasteiger partial charge in [0, 0.05) is 32.7 Å². The fourth-order valence-corrected chi connectivity index (χ4v) is 11.1. The Morgan fingerprint density at radius 3 is 0.986 bits per heavy atom. The molecule has 4 nitrogen and oxygen atoms in total. The molecule has 0 atom stereocenters. The second-order valence-corrected chi connectivity index (χ2v) is 19.2. The highest BCUT2D eigenvalue weighted by Crippen LogP contribution is 2.45. The van der Waals surface area contributed by atoms with Crippen molar-refractivity contribution in [2.75, 3.05) is 0 Å². The van der Waals surface area contributed by atoms with Gasteiger partial charge >= 0.3 is 6.18 Å². The van der Waals surface area contributed by atoms with Gasteiger partial charge in [0.05, 0.1) is 62.3 Å². The summed E-state index contributed by atoms with van der Waals surface area (Å²) in [6, 6.07) is 70.8. The molecule has 0 radical (unpaired) electrons. The van der Waals surface area contributed by atoms with E-state index in [1.807, 2.05) is 60.7 Å². The average Bonchev–Trinajstić information content (AvgIpc) is 3.91. The minimum Gasteiger partial charge on any atom is -0.307 e. The molecule has 0 saturated carbocycles. The zero-order chi connectivity index (χ0) is 51.0. The van der Waals surface area contributed by atoms with E-state index in [0.717, 1.165) is 123 Å². The topological polar surface area (TPSA) is 57.4 Å². The molecule has 0 aliphatic carbocycles.